The topological polar surface area (TPSA) is 12.9 Å². The summed E-state index contributed by atoms with van der Waals surface area (Å²) in [5, 5.41) is 0.545. The maximum atomic E-state index is 6.43. The molecule has 18 heavy (non-hydrogen) atoms. The number of pyridine rings is 1. The Hall–Kier alpha value is -0.570. The summed E-state index contributed by atoms with van der Waals surface area (Å²) >= 11 is 15.9. The standard InChI is InChI=1S/C14H12BrCl2N/c1-9-2-4-11(18-8-9)7-14(17)12-6-10(16)3-5-13(12)15/h2-6,8,14H,7H2,1H3. The van der Waals surface area contributed by atoms with Gasteiger partial charge in [0.2, 0.25) is 0 Å². The van der Waals surface area contributed by atoms with Crippen LogP contribution in [0.2, 0.25) is 5.02 Å². The van der Waals surface area contributed by atoms with Crippen LogP contribution in [0.4, 0.5) is 0 Å². The summed E-state index contributed by atoms with van der Waals surface area (Å²) in [6.07, 6.45) is 2.53. The lowest BCUT2D eigenvalue weighted by molar-refractivity contribution is 0.875. The molecule has 0 aliphatic heterocycles. The lowest BCUT2D eigenvalue weighted by atomic mass is 10.1. The van der Waals surface area contributed by atoms with Crippen molar-refractivity contribution in [3.8, 4) is 0 Å². The van der Waals surface area contributed by atoms with Gasteiger partial charge in [-0.15, -0.1) is 11.6 Å². The van der Waals surface area contributed by atoms with Gasteiger partial charge in [0.25, 0.3) is 0 Å². The third-order valence-corrected chi connectivity index (χ3v) is 4.00. The monoisotopic (exact) mass is 343 g/mol. The molecule has 0 radical (unpaired) electrons. The Kier molecular flexibility index (Phi) is 4.66. The zero-order valence-electron chi connectivity index (χ0n) is 9.83. The Morgan fingerprint density at radius 1 is 1.28 bits per heavy atom. The summed E-state index contributed by atoms with van der Waals surface area (Å²) in [5.74, 6) is 0. The van der Waals surface area contributed by atoms with Crippen LogP contribution in [0.25, 0.3) is 0 Å². The number of benzene rings is 1. The molecule has 1 aromatic heterocycles. The van der Waals surface area contributed by atoms with E-state index in [1.54, 1.807) is 0 Å². The molecule has 2 rings (SSSR count). The van der Waals surface area contributed by atoms with Gasteiger partial charge in [-0.05, 0) is 42.3 Å². The van der Waals surface area contributed by atoms with Crippen LogP contribution in [0.5, 0.6) is 0 Å². The van der Waals surface area contributed by atoms with Crippen LogP contribution in [-0.4, -0.2) is 4.98 Å². The molecule has 0 saturated heterocycles. The normalized spacial score (nSPS) is 12.4. The van der Waals surface area contributed by atoms with Gasteiger partial charge in [-0.1, -0.05) is 33.6 Å². The van der Waals surface area contributed by atoms with E-state index in [2.05, 4.69) is 20.9 Å². The zero-order chi connectivity index (χ0) is 13.1. The molecular formula is C14H12BrCl2N. The molecule has 0 spiro atoms. The zero-order valence-corrected chi connectivity index (χ0v) is 12.9. The SMILES string of the molecule is Cc1ccc(CC(Cl)c2cc(Cl)ccc2Br)nc1. The van der Waals surface area contributed by atoms with E-state index in [9.17, 15) is 0 Å². The van der Waals surface area contributed by atoms with Crippen molar-refractivity contribution in [3.05, 3.63) is 62.8 Å². The van der Waals surface area contributed by atoms with Crippen molar-refractivity contribution in [2.45, 2.75) is 18.7 Å². The highest BCUT2D eigenvalue weighted by molar-refractivity contribution is 9.10. The number of aromatic nitrogens is 1. The fourth-order valence-electron chi connectivity index (χ4n) is 1.67. The Labute approximate surface area is 125 Å². The van der Waals surface area contributed by atoms with Crippen LogP contribution in [0, 0.1) is 6.92 Å². The number of rotatable bonds is 3. The van der Waals surface area contributed by atoms with E-state index in [1.165, 1.54) is 0 Å². The van der Waals surface area contributed by atoms with Crippen molar-refractivity contribution in [1.29, 1.82) is 0 Å². The van der Waals surface area contributed by atoms with Gasteiger partial charge < -0.3 is 0 Å². The van der Waals surface area contributed by atoms with Crippen LogP contribution < -0.4 is 0 Å². The van der Waals surface area contributed by atoms with E-state index < -0.39 is 0 Å². The minimum atomic E-state index is -0.145. The van der Waals surface area contributed by atoms with Gasteiger partial charge in [-0.2, -0.15) is 0 Å². The molecule has 1 unspecified atom stereocenters. The summed E-state index contributed by atoms with van der Waals surface area (Å²) in [5.41, 5.74) is 3.12. The van der Waals surface area contributed by atoms with E-state index in [0.717, 1.165) is 21.3 Å². The molecule has 94 valence electrons. The molecule has 1 heterocycles. The van der Waals surface area contributed by atoms with Crippen LogP contribution in [-0.2, 0) is 6.42 Å². The van der Waals surface area contributed by atoms with Crippen LogP contribution in [0.1, 0.15) is 22.2 Å². The molecule has 0 aliphatic rings. The average Bonchev–Trinajstić information content (AvgIpc) is 2.35. The number of aryl methyl sites for hydroxylation is 1. The van der Waals surface area contributed by atoms with Gasteiger partial charge in [0.15, 0.2) is 0 Å². The first kappa shape index (κ1) is 13.9. The molecular weight excluding hydrogens is 333 g/mol. The molecule has 2 aromatic rings. The number of alkyl halides is 1. The van der Waals surface area contributed by atoms with Gasteiger partial charge in [0.05, 0.1) is 5.38 Å². The molecule has 0 bridgehead atoms. The smallest absolute Gasteiger partial charge is 0.0652 e. The number of hydrogen-bond acceptors (Lipinski definition) is 1. The van der Waals surface area contributed by atoms with Crippen molar-refractivity contribution < 1.29 is 0 Å². The fourth-order valence-corrected chi connectivity index (χ4v) is 2.84. The van der Waals surface area contributed by atoms with E-state index >= 15 is 0 Å². The highest BCUT2D eigenvalue weighted by Gasteiger charge is 2.13. The number of hydrogen-bond donors (Lipinski definition) is 0. The molecule has 0 saturated carbocycles. The molecule has 4 heteroatoms. The molecule has 0 N–H and O–H groups in total. The molecule has 0 fully saturated rings. The Morgan fingerprint density at radius 3 is 2.72 bits per heavy atom. The molecule has 1 nitrogen and oxygen atoms in total. The number of nitrogens with zero attached hydrogens (tertiary/aromatic N) is 1. The van der Waals surface area contributed by atoms with Gasteiger partial charge in [-0.25, -0.2) is 0 Å². The Morgan fingerprint density at radius 2 is 2.06 bits per heavy atom. The van der Waals surface area contributed by atoms with Crippen LogP contribution in [0.3, 0.4) is 0 Å². The first-order chi connectivity index (χ1) is 8.56. The van der Waals surface area contributed by atoms with Crippen molar-refractivity contribution in [2.24, 2.45) is 0 Å². The maximum Gasteiger partial charge on any atom is 0.0652 e. The van der Waals surface area contributed by atoms with Crippen molar-refractivity contribution >= 4 is 39.1 Å². The van der Waals surface area contributed by atoms with E-state index in [1.807, 2.05) is 43.5 Å². The molecule has 0 aliphatic carbocycles. The van der Waals surface area contributed by atoms with Crippen molar-refractivity contribution in [1.82, 2.24) is 4.98 Å². The second-order valence-electron chi connectivity index (χ2n) is 4.16. The largest absolute Gasteiger partial charge is 0.261 e. The lowest BCUT2D eigenvalue weighted by Gasteiger charge is -2.12. The van der Waals surface area contributed by atoms with Gasteiger partial charge in [-0.3, -0.25) is 4.98 Å². The van der Waals surface area contributed by atoms with Crippen LogP contribution >= 0.6 is 39.1 Å². The fraction of sp³-hybridized carbons (Fsp3) is 0.214. The predicted octanol–water partition coefficient (Wildman–Crippen LogP) is 5.33. The summed E-state index contributed by atoms with van der Waals surface area (Å²) in [6.45, 7) is 2.02. The van der Waals surface area contributed by atoms with Gasteiger partial charge in [0, 0.05) is 27.8 Å². The minimum Gasteiger partial charge on any atom is -0.261 e. The minimum absolute atomic E-state index is 0.145. The number of halogens is 3. The van der Waals surface area contributed by atoms with Crippen molar-refractivity contribution in [3.63, 3.8) is 0 Å². The first-order valence-corrected chi connectivity index (χ1v) is 7.17. The maximum absolute atomic E-state index is 6.43. The summed E-state index contributed by atoms with van der Waals surface area (Å²) in [7, 11) is 0. The average molecular weight is 345 g/mol. The third-order valence-electron chi connectivity index (χ3n) is 2.66. The Balaban J connectivity index is 2.18. The third kappa shape index (κ3) is 3.47. The summed E-state index contributed by atoms with van der Waals surface area (Å²) in [6, 6.07) is 9.68. The second kappa shape index (κ2) is 6.05. The predicted molar refractivity (Wildman–Crippen MR) is 80.4 cm³/mol. The first-order valence-electron chi connectivity index (χ1n) is 5.57. The lowest BCUT2D eigenvalue weighted by Crippen LogP contribution is -1.99. The highest BCUT2D eigenvalue weighted by Crippen LogP contribution is 2.32. The van der Waals surface area contributed by atoms with E-state index in [-0.39, 0.29) is 5.38 Å². The van der Waals surface area contributed by atoms with Crippen molar-refractivity contribution in [2.75, 3.05) is 0 Å². The summed E-state index contributed by atoms with van der Waals surface area (Å²) in [4.78, 5) is 4.36. The van der Waals surface area contributed by atoms with E-state index in [4.69, 9.17) is 23.2 Å². The molecule has 0 amide bonds. The highest BCUT2D eigenvalue weighted by atomic mass is 79.9. The van der Waals surface area contributed by atoms with Crippen LogP contribution in [0.15, 0.2) is 41.0 Å². The molecule has 1 aromatic carbocycles. The Bertz CT molecular complexity index is 540. The molecule has 1 atom stereocenters. The van der Waals surface area contributed by atoms with Gasteiger partial charge >= 0.3 is 0 Å². The van der Waals surface area contributed by atoms with E-state index in [0.29, 0.717) is 11.4 Å². The quantitative estimate of drug-likeness (QED) is 0.686. The van der Waals surface area contributed by atoms with Gasteiger partial charge in [0.1, 0.15) is 0 Å². The summed E-state index contributed by atoms with van der Waals surface area (Å²) < 4.78 is 0.971. The second-order valence-corrected chi connectivity index (χ2v) is 5.98.